The molecular formula is C17H35N. The Bertz CT molecular complexity index is 161. The fourth-order valence-corrected chi connectivity index (χ4v) is 3.05. The van der Waals surface area contributed by atoms with Crippen LogP contribution in [0.4, 0.5) is 0 Å². The molecule has 0 atom stereocenters. The first kappa shape index (κ1) is 16.0. The molecule has 0 aromatic carbocycles. The Morgan fingerprint density at radius 3 is 1.89 bits per heavy atom. The Labute approximate surface area is 115 Å². The second kappa shape index (κ2) is 12.0. The monoisotopic (exact) mass is 253 g/mol. The van der Waals surface area contributed by atoms with Crippen LogP contribution in [0.25, 0.3) is 0 Å². The van der Waals surface area contributed by atoms with E-state index in [0.29, 0.717) is 0 Å². The van der Waals surface area contributed by atoms with Gasteiger partial charge in [-0.3, -0.25) is 0 Å². The zero-order valence-corrected chi connectivity index (χ0v) is 12.7. The van der Waals surface area contributed by atoms with Gasteiger partial charge < -0.3 is 5.32 Å². The molecule has 1 saturated carbocycles. The first-order valence-electron chi connectivity index (χ1n) is 8.67. The first-order chi connectivity index (χ1) is 8.93. The summed E-state index contributed by atoms with van der Waals surface area (Å²) >= 11 is 0. The summed E-state index contributed by atoms with van der Waals surface area (Å²) in [7, 11) is 0. The zero-order chi connectivity index (χ0) is 12.9. The van der Waals surface area contributed by atoms with Crippen molar-refractivity contribution in [2.75, 3.05) is 6.54 Å². The van der Waals surface area contributed by atoms with Crippen LogP contribution in [0.5, 0.6) is 0 Å². The van der Waals surface area contributed by atoms with Gasteiger partial charge in [0, 0.05) is 6.04 Å². The summed E-state index contributed by atoms with van der Waals surface area (Å²) in [5.74, 6) is 0. The third-order valence-corrected chi connectivity index (χ3v) is 4.32. The standard InChI is InChI=1S/C17H35N/c1-2-3-4-5-6-7-8-9-13-16-18-17-14-11-10-12-15-17/h17-18H,2-16H2,1H3. The van der Waals surface area contributed by atoms with Crippen molar-refractivity contribution in [3.05, 3.63) is 0 Å². The molecule has 1 aliphatic rings. The fourth-order valence-electron chi connectivity index (χ4n) is 3.05. The Morgan fingerprint density at radius 2 is 1.28 bits per heavy atom. The van der Waals surface area contributed by atoms with Gasteiger partial charge in [0.2, 0.25) is 0 Å². The average molecular weight is 253 g/mol. The number of hydrogen-bond acceptors (Lipinski definition) is 1. The predicted octanol–water partition coefficient (Wildman–Crippen LogP) is 5.44. The Hall–Kier alpha value is -0.0400. The predicted molar refractivity (Wildman–Crippen MR) is 82.1 cm³/mol. The lowest BCUT2D eigenvalue weighted by atomic mass is 9.95. The third-order valence-electron chi connectivity index (χ3n) is 4.32. The van der Waals surface area contributed by atoms with Gasteiger partial charge in [0.25, 0.3) is 0 Å². The van der Waals surface area contributed by atoms with Gasteiger partial charge in [0.05, 0.1) is 0 Å². The molecule has 0 unspecified atom stereocenters. The van der Waals surface area contributed by atoms with E-state index >= 15 is 0 Å². The molecule has 1 fully saturated rings. The minimum Gasteiger partial charge on any atom is -0.314 e. The number of nitrogens with one attached hydrogen (secondary N) is 1. The van der Waals surface area contributed by atoms with E-state index in [1.54, 1.807) is 0 Å². The van der Waals surface area contributed by atoms with Crippen molar-refractivity contribution in [1.29, 1.82) is 0 Å². The Balaban J connectivity index is 1.73. The molecule has 1 N–H and O–H groups in total. The van der Waals surface area contributed by atoms with E-state index in [4.69, 9.17) is 0 Å². The topological polar surface area (TPSA) is 12.0 Å². The lowest BCUT2D eigenvalue weighted by molar-refractivity contribution is 0.369. The van der Waals surface area contributed by atoms with E-state index in [9.17, 15) is 0 Å². The van der Waals surface area contributed by atoms with E-state index in [1.807, 2.05) is 0 Å². The smallest absolute Gasteiger partial charge is 0.00670 e. The second-order valence-electron chi connectivity index (χ2n) is 6.12. The van der Waals surface area contributed by atoms with E-state index in [0.717, 1.165) is 6.04 Å². The van der Waals surface area contributed by atoms with Gasteiger partial charge in [0.15, 0.2) is 0 Å². The normalized spacial score (nSPS) is 17.2. The van der Waals surface area contributed by atoms with Crippen LogP contribution in [-0.4, -0.2) is 12.6 Å². The van der Waals surface area contributed by atoms with Crippen LogP contribution < -0.4 is 5.32 Å². The molecule has 0 heterocycles. The quantitative estimate of drug-likeness (QED) is 0.483. The number of rotatable bonds is 11. The molecule has 0 bridgehead atoms. The summed E-state index contributed by atoms with van der Waals surface area (Å²) in [4.78, 5) is 0. The third kappa shape index (κ3) is 8.97. The summed E-state index contributed by atoms with van der Waals surface area (Å²) in [6.07, 6.45) is 20.2. The summed E-state index contributed by atoms with van der Waals surface area (Å²) in [6, 6.07) is 0.854. The van der Waals surface area contributed by atoms with Crippen molar-refractivity contribution >= 4 is 0 Å². The molecular weight excluding hydrogens is 218 g/mol. The summed E-state index contributed by atoms with van der Waals surface area (Å²) < 4.78 is 0. The maximum Gasteiger partial charge on any atom is 0.00670 e. The summed E-state index contributed by atoms with van der Waals surface area (Å²) in [5.41, 5.74) is 0. The largest absolute Gasteiger partial charge is 0.314 e. The lowest BCUT2D eigenvalue weighted by Gasteiger charge is -2.22. The molecule has 1 heteroatoms. The summed E-state index contributed by atoms with van der Waals surface area (Å²) in [6.45, 7) is 3.56. The van der Waals surface area contributed by atoms with Crippen molar-refractivity contribution in [2.24, 2.45) is 0 Å². The van der Waals surface area contributed by atoms with Crippen molar-refractivity contribution < 1.29 is 0 Å². The van der Waals surface area contributed by atoms with E-state index in [2.05, 4.69) is 12.2 Å². The summed E-state index contributed by atoms with van der Waals surface area (Å²) in [5, 5.41) is 3.74. The molecule has 1 rings (SSSR count). The van der Waals surface area contributed by atoms with Crippen LogP contribution in [0.15, 0.2) is 0 Å². The second-order valence-corrected chi connectivity index (χ2v) is 6.12. The van der Waals surface area contributed by atoms with Crippen LogP contribution in [0.1, 0.15) is 96.8 Å². The van der Waals surface area contributed by atoms with Crippen molar-refractivity contribution in [3.8, 4) is 0 Å². The SMILES string of the molecule is CCCCCCCCCCCNC1CCCCC1. The minimum atomic E-state index is 0.854. The molecule has 108 valence electrons. The highest BCUT2D eigenvalue weighted by molar-refractivity contribution is 4.71. The highest BCUT2D eigenvalue weighted by Crippen LogP contribution is 2.17. The Kier molecular flexibility index (Phi) is 10.7. The highest BCUT2D eigenvalue weighted by atomic mass is 14.9. The maximum absolute atomic E-state index is 3.74. The fraction of sp³-hybridized carbons (Fsp3) is 1.00. The van der Waals surface area contributed by atoms with Crippen LogP contribution >= 0.6 is 0 Å². The highest BCUT2D eigenvalue weighted by Gasteiger charge is 2.11. The zero-order valence-electron chi connectivity index (χ0n) is 12.7. The number of hydrogen-bond donors (Lipinski definition) is 1. The van der Waals surface area contributed by atoms with Gasteiger partial charge in [-0.15, -0.1) is 0 Å². The van der Waals surface area contributed by atoms with Crippen molar-refractivity contribution in [1.82, 2.24) is 5.32 Å². The van der Waals surface area contributed by atoms with Gasteiger partial charge >= 0.3 is 0 Å². The average Bonchev–Trinajstić information content (AvgIpc) is 2.42. The van der Waals surface area contributed by atoms with Crippen molar-refractivity contribution in [2.45, 2.75) is 103 Å². The minimum absolute atomic E-state index is 0.854. The molecule has 0 spiro atoms. The van der Waals surface area contributed by atoms with E-state index in [1.165, 1.54) is 96.4 Å². The molecule has 1 aliphatic carbocycles. The van der Waals surface area contributed by atoms with Crippen LogP contribution in [0.2, 0.25) is 0 Å². The first-order valence-corrected chi connectivity index (χ1v) is 8.67. The molecule has 0 aliphatic heterocycles. The van der Waals surface area contributed by atoms with Crippen molar-refractivity contribution in [3.63, 3.8) is 0 Å². The maximum atomic E-state index is 3.74. The van der Waals surface area contributed by atoms with Crippen LogP contribution in [0.3, 0.4) is 0 Å². The van der Waals surface area contributed by atoms with E-state index in [-0.39, 0.29) is 0 Å². The molecule has 18 heavy (non-hydrogen) atoms. The van der Waals surface area contributed by atoms with Crippen LogP contribution in [0, 0.1) is 0 Å². The lowest BCUT2D eigenvalue weighted by Crippen LogP contribution is -2.31. The molecule has 0 saturated heterocycles. The van der Waals surface area contributed by atoms with Gasteiger partial charge in [-0.2, -0.15) is 0 Å². The van der Waals surface area contributed by atoms with Gasteiger partial charge in [-0.05, 0) is 25.8 Å². The van der Waals surface area contributed by atoms with E-state index < -0.39 is 0 Å². The van der Waals surface area contributed by atoms with Gasteiger partial charge in [0.1, 0.15) is 0 Å². The molecule has 0 radical (unpaired) electrons. The molecule has 0 aromatic heterocycles. The van der Waals surface area contributed by atoms with Crippen LogP contribution in [-0.2, 0) is 0 Å². The molecule has 0 aromatic rings. The number of unbranched alkanes of at least 4 members (excludes halogenated alkanes) is 8. The van der Waals surface area contributed by atoms with Gasteiger partial charge in [-0.1, -0.05) is 77.6 Å². The Morgan fingerprint density at radius 1 is 0.722 bits per heavy atom. The van der Waals surface area contributed by atoms with Gasteiger partial charge in [-0.25, -0.2) is 0 Å². The molecule has 1 nitrogen and oxygen atoms in total. The molecule has 0 amide bonds.